The first kappa shape index (κ1) is 44.2. The summed E-state index contributed by atoms with van der Waals surface area (Å²) in [6.07, 6.45) is 0. The van der Waals surface area contributed by atoms with Gasteiger partial charge in [-0.15, -0.1) is 21.9 Å². The van der Waals surface area contributed by atoms with Crippen LogP contribution in [0.25, 0.3) is 88.4 Å². The molecule has 2 nitrogen and oxygen atoms in total. The lowest BCUT2D eigenvalue weighted by Crippen LogP contribution is -2.57. The summed E-state index contributed by atoms with van der Waals surface area (Å²) in [6, 6.07) is 35.8. The average Bonchev–Trinajstić information content (AvgIpc) is 3.85. The third kappa shape index (κ3) is 6.18. The number of hydrogen-bond donors (Lipinski definition) is 0. The summed E-state index contributed by atoms with van der Waals surface area (Å²) in [5, 5.41) is 5.30. The van der Waals surface area contributed by atoms with Gasteiger partial charge in [-0.1, -0.05) is 132 Å². The zero-order valence-corrected chi connectivity index (χ0v) is 42.1. The summed E-state index contributed by atoms with van der Waals surface area (Å²) in [4.78, 5) is 0. The van der Waals surface area contributed by atoms with Crippen LogP contribution in [-0.4, -0.2) is 135 Å². The van der Waals surface area contributed by atoms with Crippen molar-refractivity contribution in [3.8, 4) is 44.8 Å². The summed E-state index contributed by atoms with van der Waals surface area (Å²) in [5.74, 6) is 0. The molecule has 0 unspecified atom stereocenters. The van der Waals surface area contributed by atoms with Crippen molar-refractivity contribution in [3.63, 3.8) is 0 Å². The van der Waals surface area contributed by atoms with Crippen molar-refractivity contribution in [2.24, 2.45) is 0 Å². The minimum atomic E-state index is 1.17. The molecular weight excluding hydrogens is 778 g/mol. The molecule has 0 amide bonds. The zero-order chi connectivity index (χ0) is 46.9. The van der Waals surface area contributed by atoms with E-state index in [0.29, 0.717) is 0 Å². The normalized spacial score (nSPS) is 11.7. The molecule has 0 spiro atoms. The quantitative estimate of drug-likeness (QED) is 0.153. The molecule has 0 N–H and O–H groups in total. The van der Waals surface area contributed by atoms with Gasteiger partial charge in [0, 0.05) is 38.6 Å². The Labute approximate surface area is 405 Å². The fraction of sp³-hybridized carbons (Fsp3) is 0. The predicted octanol–water partition coefficient (Wildman–Crippen LogP) is -15.0. The monoisotopic (exact) mass is 829 g/mol. The van der Waals surface area contributed by atoms with Crippen LogP contribution in [0.5, 0.6) is 0 Å². The van der Waals surface area contributed by atoms with Crippen molar-refractivity contribution < 1.29 is 0 Å². The Bertz CT molecular complexity index is 3720. The van der Waals surface area contributed by atoms with Crippen LogP contribution in [0, 0.1) is 0 Å². The summed E-state index contributed by atoms with van der Waals surface area (Å²) in [5.41, 5.74) is 37.5. The van der Waals surface area contributed by atoms with Crippen molar-refractivity contribution in [2.75, 3.05) is 0 Å². The van der Waals surface area contributed by atoms with E-state index in [2.05, 4.69) is 232 Å². The van der Waals surface area contributed by atoms with Crippen LogP contribution in [0.4, 0.5) is 0 Å². The van der Waals surface area contributed by atoms with E-state index in [1.807, 2.05) is 0 Å². The fourth-order valence-corrected chi connectivity index (χ4v) is 12.1. The maximum absolute atomic E-state index is 2.71. The van der Waals surface area contributed by atoms with Gasteiger partial charge in [0.25, 0.3) is 0 Å². The number of aromatic nitrogens is 2. The lowest BCUT2D eigenvalue weighted by atomic mass is 9.56. The fourth-order valence-electron chi connectivity index (χ4n) is 12.1. The molecule has 298 valence electrons. The van der Waals surface area contributed by atoms with Crippen LogP contribution >= 0.6 is 0 Å². The average molecular weight is 826 g/mol. The molecule has 18 heteroatoms. The molecule has 0 fully saturated rings. The molecule has 0 aliphatic rings. The Hall–Kier alpha value is -5.60. The number of rotatable bonds is 5. The molecule has 0 aliphatic heterocycles. The van der Waals surface area contributed by atoms with Crippen LogP contribution in [0.2, 0.25) is 0 Å². The highest BCUT2D eigenvalue weighted by Gasteiger charge is 2.28. The Kier molecular flexibility index (Phi) is 10.7. The van der Waals surface area contributed by atoms with Crippen LogP contribution in [0.15, 0.2) is 97.1 Å². The lowest BCUT2D eigenvalue weighted by molar-refractivity contribution is 1.18. The second-order valence-corrected chi connectivity index (χ2v) is 19.8. The number of nitrogens with zero attached hydrogens (tertiary/aromatic N) is 2. The standard InChI is InChI=1S/C48H48B16N2/c49-30-25(19-13-14-24-22(16-19)21-11-4-5-12-23(21)65(24)20-10-6-9-18(15-20)17-7-2-1-3-8-17)31(50)42(61)46-28(30)29-36(55)39(58)41(60)45(64)47(29)66(46)48-43(62)34(53)27(35(54)44(48)63)26-32(51)37(56)40(59)38(57)33(26)52/h1-16H,49-64H2. The minimum absolute atomic E-state index is 1.17. The maximum Gasteiger partial charge on any atom is 0.141 e. The van der Waals surface area contributed by atoms with Crippen molar-refractivity contribution in [1.82, 2.24) is 9.13 Å². The van der Waals surface area contributed by atoms with E-state index < -0.39 is 0 Å². The zero-order valence-electron chi connectivity index (χ0n) is 42.1. The molecule has 0 aliphatic carbocycles. The predicted molar refractivity (Wildman–Crippen MR) is 342 cm³/mol. The molecule has 0 bridgehead atoms. The third-order valence-corrected chi connectivity index (χ3v) is 16.9. The Morgan fingerprint density at radius 3 is 1.38 bits per heavy atom. The minimum Gasteiger partial charge on any atom is -0.312 e. The van der Waals surface area contributed by atoms with Gasteiger partial charge in [0.1, 0.15) is 126 Å². The molecule has 2 heterocycles. The smallest absolute Gasteiger partial charge is 0.141 e. The third-order valence-electron chi connectivity index (χ3n) is 16.9. The van der Waals surface area contributed by atoms with Crippen molar-refractivity contribution in [2.45, 2.75) is 0 Å². The van der Waals surface area contributed by atoms with Gasteiger partial charge in [0.2, 0.25) is 0 Å². The maximum atomic E-state index is 2.71. The molecule has 10 aromatic rings. The summed E-state index contributed by atoms with van der Waals surface area (Å²) in [6.45, 7) is 0. The van der Waals surface area contributed by atoms with Gasteiger partial charge in [-0.2, -0.15) is 0 Å². The van der Waals surface area contributed by atoms with E-state index in [1.54, 1.807) is 0 Å². The molecular formula is C48H48B16N2. The molecule has 0 atom stereocenters. The first-order chi connectivity index (χ1) is 31.5. The van der Waals surface area contributed by atoms with Crippen molar-refractivity contribution >= 4 is 257 Å². The van der Waals surface area contributed by atoms with Gasteiger partial charge in [-0.25, -0.2) is 0 Å². The van der Waals surface area contributed by atoms with Gasteiger partial charge in [-0.05, 0) is 69.1 Å². The van der Waals surface area contributed by atoms with Crippen LogP contribution < -0.4 is 87.4 Å². The van der Waals surface area contributed by atoms with Gasteiger partial charge in [-0.3, -0.25) is 0 Å². The summed E-state index contributed by atoms with van der Waals surface area (Å²) in [7, 11) is 37.6. The van der Waals surface area contributed by atoms with Gasteiger partial charge in [0.15, 0.2) is 0 Å². The van der Waals surface area contributed by atoms with E-state index in [4.69, 9.17) is 0 Å². The van der Waals surface area contributed by atoms with E-state index in [-0.39, 0.29) is 0 Å². The summed E-state index contributed by atoms with van der Waals surface area (Å²) < 4.78 is 5.16. The highest BCUT2D eigenvalue weighted by Crippen LogP contribution is 2.36. The second kappa shape index (κ2) is 16.0. The highest BCUT2D eigenvalue weighted by molar-refractivity contribution is 6.72. The Morgan fingerprint density at radius 1 is 0.273 bits per heavy atom. The largest absolute Gasteiger partial charge is 0.312 e. The van der Waals surface area contributed by atoms with E-state index in [9.17, 15) is 0 Å². The number of fused-ring (bicyclic) bond motifs is 6. The SMILES string of the molecule is Bc1c(B)c(B)c(-c2c(B)c(B)c(-n3c4c(B)c(B)c(B)c(B)c4c4c(B)c(-c5ccc6c(c5)c5ccccc5n6-c5cccc(-c6ccccc6)c5)c(B)c(B)c43)c(B)c2B)c(B)c1B. The first-order valence-electron chi connectivity index (χ1n) is 23.9. The Balaban J connectivity index is 1.26. The number of para-hydroxylation sites is 1. The van der Waals surface area contributed by atoms with E-state index in [0.717, 1.165) is 0 Å². The molecule has 2 aromatic heterocycles. The van der Waals surface area contributed by atoms with Crippen molar-refractivity contribution in [3.05, 3.63) is 97.1 Å². The highest BCUT2D eigenvalue weighted by atomic mass is 15.0. The van der Waals surface area contributed by atoms with E-state index >= 15 is 0 Å². The van der Waals surface area contributed by atoms with Gasteiger partial charge in [0.05, 0.1) is 11.0 Å². The number of benzene rings is 8. The Morgan fingerprint density at radius 2 is 0.742 bits per heavy atom. The van der Waals surface area contributed by atoms with E-state index in [1.165, 1.54) is 176 Å². The van der Waals surface area contributed by atoms with Gasteiger partial charge < -0.3 is 9.13 Å². The molecule has 8 aromatic carbocycles. The van der Waals surface area contributed by atoms with Gasteiger partial charge >= 0.3 is 0 Å². The van der Waals surface area contributed by atoms with Crippen LogP contribution in [-0.2, 0) is 0 Å². The molecule has 10 rings (SSSR count). The van der Waals surface area contributed by atoms with Crippen LogP contribution in [0.1, 0.15) is 0 Å². The van der Waals surface area contributed by atoms with Crippen molar-refractivity contribution in [1.29, 1.82) is 0 Å². The number of hydrogen-bond acceptors (Lipinski definition) is 0. The first-order valence-corrected chi connectivity index (χ1v) is 23.9. The summed E-state index contributed by atoms with van der Waals surface area (Å²) >= 11 is 0. The molecule has 66 heavy (non-hydrogen) atoms. The topological polar surface area (TPSA) is 9.86 Å². The molecule has 0 radical (unpaired) electrons. The lowest BCUT2D eigenvalue weighted by Gasteiger charge is -2.29. The molecule has 0 saturated carbocycles. The molecule has 0 saturated heterocycles. The second-order valence-electron chi connectivity index (χ2n) is 19.8. The van der Waals surface area contributed by atoms with Crippen LogP contribution in [0.3, 0.4) is 0 Å².